The van der Waals surface area contributed by atoms with Crippen LogP contribution < -0.4 is 16.2 Å². The van der Waals surface area contributed by atoms with Gasteiger partial charge in [0, 0.05) is 5.69 Å². The fraction of sp³-hybridized carbons (Fsp3) is 0. The summed E-state index contributed by atoms with van der Waals surface area (Å²) in [5.74, 6) is -0.325. The number of benzene rings is 2. The number of hydrogen-bond donors (Lipinski definition) is 3. The molecule has 0 saturated carbocycles. The van der Waals surface area contributed by atoms with Crippen molar-refractivity contribution >= 4 is 17.4 Å². The molecule has 0 aliphatic heterocycles. The molecule has 2 rings (SSSR count). The van der Waals surface area contributed by atoms with Crippen molar-refractivity contribution in [2.45, 2.75) is 0 Å². The molecule has 0 unspecified atom stereocenters. The van der Waals surface area contributed by atoms with Crippen LogP contribution in [0.4, 0.5) is 20.6 Å². The van der Waals surface area contributed by atoms with E-state index < -0.39 is 6.03 Å². The van der Waals surface area contributed by atoms with Crippen molar-refractivity contribution in [1.82, 2.24) is 5.43 Å². The molecule has 0 spiro atoms. The number of carbonyl (C=O) groups excluding carboxylic acids is 1. The van der Waals surface area contributed by atoms with Crippen LogP contribution in [0.25, 0.3) is 0 Å². The van der Waals surface area contributed by atoms with Gasteiger partial charge in [0.2, 0.25) is 0 Å². The molecule has 0 saturated heterocycles. The maximum Gasteiger partial charge on any atom is 0.337 e. The zero-order valence-electron chi connectivity index (χ0n) is 9.48. The minimum Gasteiger partial charge on any atom is -0.307 e. The van der Waals surface area contributed by atoms with Crippen LogP contribution in [0.1, 0.15) is 0 Å². The summed E-state index contributed by atoms with van der Waals surface area (Å²) in [7, 11) is 0. The highest BCUT2D eigenvalue weighted by Gasteiger charge is 2.00. The number of halogens is 1. The number of hydrazine groups is 1. The zero-order valence-corrected chi connectivity index (χ0v) is 9.48. The van der Waals surface area contributed by atoms with Crippen molar-refractivity contribution in [2.24, 2.45) is 0 Å². The van der Waals surface area contributed by atoms with E-state index in [2.05, 4.69) is 16.2 Å². The lowest BCUT2D eigenvalue weighted by Gasteiger charge is -2.09. The first-order chi connectivity index (χ1) is 8.74. The van der Waals surface area contributed by atoms with E-state index in [0.29, 0.717) is 11.4 Å². The molecule has 18 heavy (non-hydrogen) atoms. The second-order valence-corrected chi connectivity index (χ2v) is 3.58. The molecule has 0 aliphatic carbocycles. The number of nitrogens with one attached hydrogen (secondary N) is 3. The van der Waals surface area contributed by atoms with E-state index >= 15 is 0 Å². The third-order valence-electron chi connectivity index (χ3n) is 2.20. The number of amides is 2. The number of para-hydroxylation sites is 1. The van der Waals surface area contributed by atoms with Crippen LogP contribution >= 0.6 is 0 Å². The Morgan fingerprint density at radius 2 is 1.56 bits per heavy atom. The third-order valence-corrected chi connectivity index (χ3v) is 2.20. The van der Waals surface area contributed by atoms with Gasteiger partial charge in [0.25, 0.3) is 0 Å². The second-order valence-electron chi connectivity index (χ2n) is 3.58. The third kappa shape index (κ3) is 3.48. The van der Waals surface area contributed by atoms with E-state index in [-0.39, 0.29) is 5.82 Å². The van der Waals surface area contributed by atoms with Gasteiger partial charge in [-0.05, 0) is 36.4 Å². The Bertz CT molecular complexity index is 514. The highest BCUT2D eigenvalue weighted by atomic mass is 19.1. The van der Waals surface area contributed by atoms with Gasteiger partial charge >= 0.3 is 6.03 Å². The monoisotopic (exact) mass is 245 g/mol. The Morgan fingerprint density at radius 3 is 2.22 bits per heavy atom. The quantitative estimate of drug-likeness (QED) is 0.728. The number of hydrogen-bond acceptors (Lipinski definition) is 2. The van der Waals surface area contributed by atoms with Crippen molar-refractivity contribution in [3.8, 4) is 0 Å². The molecule has 5 heteroatoms. The molecule has 2 amide bonds. The molecule has 4 nitrogen and oxygen atoms in total. The van der Waals surface area contributed by atoms with Gasteiger partial charge in [-0.25, -0.2) is 9.18 Å². The minimum absolute atomic E-state index is 0.325. The first kappa shape index (κ1) is 11.9. The van der Waals surface area contributed by atoms with Gasteiger partial charge in [-0.2, -0.15) is 0 Å². The Kier molecular flexibility index (Phi) is 3.76. The van der Waals surface area contributed by atoms with Crippen LogP contribution in [-0.2, 0) is 0 Å². The van der Waals surface area contributed by atoms with Crippen molar-refractivity contribution in [1.29, 1.82) is 0 Å². The fourth-order valence-corrected chi connectivity index (χ4v) is 1.35. The van der Waals surface area contributed by atoms with Crippen LogP contribution in [0.5, 0.6) is 0 Å². The average Bonchev–Trinajstić information content (AvgIpc) is 2.39. The van der Waals surface area contributed by atoms with E-state index in [1.54, 1.807) is 12.1 Å². The van der Waals surface area contributed by atoms with Gasteiger partial charge in [-0.3, -0.25) is 10.9 Å². The molecule has 2 aromatic carbocycles. The molecule has 0 fully saturated rings. The van der Waals surface area contributed by atoms with Gasteiger partial charge in [-0.15, -0.1) is 0 Å². The Labute approximate surface area is 104 Å². The van der Waals surface area contributed by atoms with E-state index in [1.807, 2.05) is 18.2 Å². The maximum absolute atomic E-state index is 12.6. The van der Waals surface area contributed by atoms with Gasteiger partial charge in [0.1, 0.15) is 5.82 Å². The van der Waals surface area contributed by atoms with Gasteiger partial charge in [0.15, 0.2) is 0 Å². The van der Waals surface area contributed by atoms with Crippen molar-refractivity contribution < 1.29 is 9.18 Å². The summed E-state index contributed by atoms with van der Waals surface area (Å²) >= 11 is 0. The van der Waals surface area contributed by atoms with Gasteiger partial charge in [0.05, 0.1) is 5.69 Å². The summed E-state index contributed by atoms with van der Waals surface area (Å²) in [5, 5.41) is 2.64. The lowest BCUT2D eigenvalue weighted by atomic mass is 10.3. The smallest absolute Gasteiger partial charge is 0.307 e. The molecular formula is C13H12FN3O. The first-order valence-corrected chi connectivity index (χ1v) is 5.38. The summed E-state index contributed by atoms with van der Waals surface area (Å²) in [4.78, 5) is 11.5. The Morgan fingerprint density at radius 1 is 0.889 bits per heavy atom. The van der Waals surface area contributed by atoms with E-state index in [9.17, 15) is 9.18 Å². The number of urea groups is 1. The maximum atomic E-state index is 12.6. The van der Waals surface area contributed by atoms with Gasteiger partial charge < -0.3 is 5.32 Å². The van der Waals surface area contributed by atoms with Crippen molar-refractivity contribution in [3.05, 3.63) is 60.4 Å². The molecule has 0 radical (unpaired) electrons. The topological polar surface area (TPSA) is 53.2 Å². The lowest BCUT2D eigenvalue weighted by Crippen LogP contribution is -2.33. The predicted octanol–water partition coefficient (Wildman–Crippen LogP) is 2.97. The highest BCUT2D eigenvalue weighted by molar-refractivity contribution is 5.89. The zero-order chi connectivity index (χ0) is 12.8. The SMILES string of the molecule is O=C(NNc1ccc(F)cc1)Nc1ccccc1. The summed E-state index contributed by atoms with van der Waals surface area (Å²) in [5.41, 5.74) is 6.40. The predicted molar refractivity (Wildman–Crippen MR) is 68.6 cm³/mol. The minimum atomic E-state index is -0.398. The summed E-state index contributed by atoms with van der Waals surface area (Å²) in [6, 6.07) is 14.3. The lowest BCUT2D eigenvalue weighted by molar-refractivity contribution is 0.254. The molecule has 92 valence electrons. The summed E-state index contributed by atoms with van der Waals surface area (Å²) in [6.07, 6.45) is 0. The van der Waals surface area contributed by atoms with E-state index in [1.165, 1.54) is 24.3 Å². The van der Waals surface area contributed by atoms with Crippen molar-refractivity contribution in [3.63, 3.8) is 0 Å². The van der Waals surface area contributed by atoms with Crippen LogP contribution in [-0.4, -0.2) is 6.03 Å². The van der Waals surface area contributed by atoms with E-state index in [4.69, 9.17) is 0 Å². The number of carbonyl (C=O) groups is 1. The van der Waals surface area contributed by atoms with Crippen LogP contribution in [0.2, 0.25) is 0 Å². The second kappa shape index (κ2) is 5.67. The average molecular weight is 245 g/mol. The summed E-state index contributed by atoms with van der Waals surface area (Å²) < 4.78 is 12.6. The van der Waals surface area contributed by atoms with Gasteiger partial charge in [-0.1, -0.05) is 18.2 Å². The Hall–Kier alpha value is -2.56. The number of rotatable bonds is 3. The standard InChI is InChI=1S/C13H12FN3O/c14-10-6-8-12(9-7-10)16-17-13(18)15-11-4-2-1-3-5-11/h1-9,16H,(H2,15,17,18). The molecule has 2 aromatic rings. The molecule has 0 bridgehead atoms. The highest BCUT2D eigenvalue weighted by Crippen LogP contribution is 2.07. The normalized spacial score (nSPS) is 9.61. The molecular weight excluding hydrogens is 233 g/mol. The molecule has 0 atom stereocenters. The molecule has 0 aliphatic rings. The van der Waals surface area contributed by atoms with Crippen LogP contribution in [0, 0.1) is 5.82 Å². The Balaban J connectivity index is 1.83. The molecule has 0 heterocycles. The molecule has 0 aromatic heterocycles. The molecule has 3 N–H and O–H groups in total. The van der Waals surface area contributed by atoms with E-state index in [0.717, 1.165) is 0 Å². The van der Waals surface area contributed by atoms with Crippen molar-refractivity contribution in [2.75, 3.05) is 10.7 Å². The number of anilines is 2. The van der Waals surface area contributed by atoms with Crippen LogP contribution in [0.15, 0.2) is 54.6 Å². The summed E-state index contributed by atoms with van der Waals surface area (Å²) in [6.45, 7) is 0. The fourth-order valence-electron chi connectivity index (χ4n) is 1.35. The first-order valence-electron chi connectivity index (χ1n) is 5.38. The van der Waals surface area contributed by atoms with Crippen LogP contribution in [0.3, 0.4) is 0 Å². The largest absolute Gasteiger partial charge is 0.337 e.